The molecule has 2 aliphatic heterocycles. The van der Waals surface area contributed by atoms with Gasteiger partial charge in [-0.25, -0.2) is 4.79 Å². The first-order valence-corrected chi connectivity index (χ1v) is 7.01. The van der Waals surface area contributed by atoms with Crippen molar-refractivity contribution in [2.75, 3.05) is 4.90 Å². The molecule has 2 fully saturated rings. The van der Waals surface area contributed by atoms with Crippen LogP contribution >= 0.6 is 0 Å². The summed E-state index contributed by atoms with van der Waals surface area (Å²) >= 11 is 0. The molecule has 1 aliphatic carbocycles. The summed E-state index contributed by atoms with van der Waals surface area (Å²) in [6.07, 6.45) is 4.87. The molecule has 4 nitrogen and oxygen atoms in total. The molecule has 4 heteroatoms. The van der Waals surface area contributed by atoms with Crippen molar-refractivity contribution in [2.24, 2.45) is 0 Å². The predicted octanol–water partition coefficient (Wildman–Crippen LogP) is 2.32. The molecule has 0 spiro atoms. The summed E-state index contributed by atoms with van der Waals surface area (Å²) in [5.41, 5.74) is 2.03. The van der Waals surface area contributed by atoms with Crippen LogP contribution in [-0.2, 0) is 11.2 Å². The smallest absolute Gasteiger partial charge is 0.281 e. The molecular weight excluding hydrogens is 240 g/mol. The van der Waals surface area contributed by atoms with Crippen molar-refractivity contribution in [1.29, 1.82) is 0 Å². The molecule has 1 unspecified atom stereocenters. The fourth-order valence-corrected chi connectivity index (χ4v) is 3.69. The molecule has 3 amide bonds. The fourth-order valence-electron chi connectivity index (χ4n) is 3.69. The molecule has 98 valence electrons. The summed E-state index contributed by atoms with van der Waals surface area (Å²) in [5.74, 6) is 0.00750. The van der Waals surface area contributed by atoms with Crippen molar-refractivity contribution >= 4 is 17.6 Å². The number of benzene rings is 1. The fraction of sp³-hybridized carbons (Fsp3) is 0.467. The number of para-hydroxylation sites is 1. The van der Waals surface area contributed by atoms with Crippen LogP contribution in [0.25, 0.3) is 0 Å². The number of amides is 3. The van der Waals surface area contributed by atoms with E-state index in [0.29, 0.717) is 6.42 Å². The lowest BCUT2D eigenvalue weighted by atomic mass is 10.1. The molecule has 0 N–H and O–H groups in total. The Morgan fingerprint density at radius 1 is 1.00 bits per heavy atom. The van der Waals surface area contributed by atoms with Crippen molar-refractivity contribution in [3.05, 3.63) is 29.8 Å². The first-order chi connectivity index (χ1) is 9.27. The minimum atomic E-state index is -0.287. The number of carbonyl (C=O) groups is 2. The number of imide groups is 1. The third-order valence-electron chi connectivity index (χ3n) is 4.60. The molecule has 3 aliphatic rings. The second-order valence-corrected chi connectivity index (χ2v) is 5.65. The van der Waals surface area contributed by atoms with E-state index < -0.39 is 0 Å². The summed E-state index contributed by atoms with van der Waals surface area (Å²) in [4.78, 5) is 28.3. The zero-order chi connectivity index (χ0) is 13.0. The van der Waals surface area contributed by atoms with Crippen LogP contribution in [0, 0.1) is 0 Å². The summed E-state index contributed by atoms with van der Waals surface area (Å²) in [7, 11) is 0. The number of rotatable bonds is 1. The van der Waals surface area contributed by atoms with E-state index in [2.05, 4.69) is 0 Å². The number of hydrogen-bond donors (Lipinski definition) is 0. The highest BCUT2D eigenvalue weighted by Gasteiger charge is 2.52. The van der Waals surface area contributed by atoms with Gasteiger partial charge in [0.2, 0.25) is 0 Å². The van der Waals surface area contributed by atoms with Crippen LogP contribution in [0.3, 0.4) is 0 Å². The quantitative estimate of drug-likeness (QED) is 0.723. The number of urea groups is 1. The largest absolute Gasteiger partial charge is 0.332 e. The number of hydrogen-bond acceptors (Lipinski definition) is 2. The van der Waals surface area contributed by atoms with E-state index in [0.717, 1.165) is 36.9 Å². The molecule has 1 saturated carbocycles. The third kappa shape index (κ3) is 1.40. The molecule has 1 atom stereocenters. The van der Waals surface area contributed by atoms with Gasteiger partial charge in [-0.1, -0.05) is 31.0 Å². The van der Waals surface area contributed by atoms with Gasteiger partial charge in [0.1, 0.15) is 6.04 Å². The van der Waals surface area contributed by atoms with Gasteiger partial charge in [0.25, 0.3) is 5.91 Å². The zero-order valence-electron chi connectivity index (χ0n) is 10.7. The predicted molar refractivity (Wildman–Crippen MR) is 70.9 cm³/mol. The molecular formula is C15H16N2O2. The van der Waals surface area contributed by atoms with Gasteiger partial charge in [0, 0.05) is 18.2 Å². The Morgan fingerprint density at radius 3 is 2.53 bits per heavy atom. The lowest BCUT2D eigenvalue weighted by molar-refractivity contribution is -0.128. The van der Waals surface area contributed by atoms with Crippen molar-refractivity contribution in [1.82, 2.24) is 4.90 Å². The van der Waals surface area contributed by atoms with E-state index in [1.54, 1.807) is 4.90 Å². The topological polar surface area (TPSA) is 40.6 Å². The van der Waals surface area contributed by atoms with E-state index in [9.17, 15) is 9.59 Å². The Kier molecular flexibility index (Phi) is 2.22. The Morgan fingerprint density at radius 2 is 1.74 bits per heavy atom. The van der Waals surface area contributed by atoms with Gasteiger partial charge >= 0.3 is 6.03 Å². The summed E-state index contributed by atoms with van der Waals surface area (Å²) in [6.45, 7) is 0. The number of carbonyl (C=O) groups excluding carboxylic acids is 2. The van der Waals surface area contributed by atoms with E-state index in [-0.39, 0.29) is 24.0 Å². The maximum absolute atomic E-state index is 12.6. The monoisotopic (exact) mass is 256 g/mol. The highest BCUT2D eigenvalue weighted by Crippen LogP contribution is 2.39. The van der Waals surface area contributed by atoms with Gasteiger partial charge < -0.3 is 0 Å². The van der Waals surface area contributed by atoms with Gasteiger partial charge in [-0.2, -0.15) is 0 Å². The number of fused-ring (bicyclic) bond motifs is 3. The van der Waals surface area contributed by atoms with Crippen LogP contribution in [-0.4, -0.2) is 28.9 Å². The Labute approximate surface area is 112 Å². The number of nitrogens with zero attached hydrogens (tertiary/aromatic N) is 2. The molecule has 1 saturated heterocycles. The standard InChI is InChI=1S/C15H16N2O2/c18-14-13-9-10-5-1-4-8-12(10)17(13)15(19)16(14)11-6-2-3-7-11/h1,4-5,8,11,13H,2-3,6-7,9H2. The Balaban J connectivity index is 1.72. The van der Waals surface area contributed by atoms with Gasteiger partial charge in [0.05, 0.1) is 0 Å². The van der Waals surface area contributed by atoms with Crippen LogP contribution in [0.5, 0.6) is 0 Å². The summed E-state index contributed by atoms with van der Waals surface area (Å²) in [5, 5.41) is 0. The normalized spacial score (nSPS) is 26.2. The van der Waals surface area contributed by atoms with Gasteiger partial charge in [-0.05, 0) is 24.5 Å². The second-order valence-electron chi connectivity index (χ2n) is 5.65. The minimum Gasteiger partial charge on any atom is -0.281 e. The SMILES string of the molecule is O=C1C2Cc3ccccc3N2C(=O)N1C1CCCC1. The minimum absolute atomic E-state index is 0.00750. The molecule has 2 heterocycles. The second kappa shape index (κ2) is 3.83. The highest BCUT2D eigenvalue weighted by molar-refractivity contribution is 6.16. The molecule has 0 radical (unpaired) electrons. The Hall–Kier alpha value is -1.84. The van der Waals surface area contributed by atoms with Crippen molar-refractivity contribution < 1.29 is 9.59 Å². The average molecular weight is 256 g/mol. The van der Waals surface area contributed by atoms with Crippen LogP contribution in [0.4, 0.5) is 10.5 Å². The first kappa shape index (κ1) is 11.0. The van der Waals surface area contributed by atoms with Crippen molar-refractivity contribution in [3.63, 3.8) is 0 Å². The summed E-state index contributed by atoms with van der Waals surface area (Å²) in [6, 6.07) is 7.59. The average Bonchev–Trinajstić information content (AvgIpc) is 3.08. The molecule has 1 aromatic rings. The van der Waals surface area contributed by atoms with Crippen molar-refractivity contribution in [3.8, 4) is 0 Å². The first-order valence-electron chi connectivity index (χ1n) is 7.01. The zero-order valence-corrected chi connectivity index (χ0v) is 10.7. The maximum Gasteiger partial charge on any atom is 0.332 e. The lowest BCUT2D eigenvalue weighted by Gasteiger charge is -2.22. The van der Waals surface area contributed by atoms with Gasteiger partial charge in [-0.15, -0.1) is 0 Å². The molecule has 0 bridgehead atoms. The lowest BCUT2D eigenvalue weighted by Crippen LogP contribution is -2.40. The van der Waals surface area contributed by atoms with E-state index in [1.165, 1.54) is 4.90 Å². The van der Waals surface area contributed by atoms with Crippen LogP contribution in [0.2, 0.25) is 0 Å². The molecule has 4 rings (SSSR count). The Bertz CT molecular complexity index is 563. The molecule has 19 heavy (non-hydrogen) atoms. The van der Waals surface area contributed by atoms with Gasteiger partial charge in [-0.3, -0.25) is 14.6 Å². The van der Waals surface area contributed by atoms with Crippen LogP contribution in [0.15, 0.2) is 24.3 Å². The molecule has 1 aromatic carbocycles. The van der Waals surface area contributed by atoms with E-state index >= 15 is 0 Å². The van der Waals surface area contributed by atoms with Gasteiger partial charge in [0.15, 0.2) is 0 Å². The van der Waals surface area contributed by atoms with Crippen LogP contribution < -0.4 is 4.90 Å². The van der Waals surface area contributed by atoms with Crippen LogP contribution in [0.1, 0.15) is 31.2 Å². The summed E-state index contributed by atoms with van der Waals surface area (Å²) < 4.78 is 0. The number of anilines is 1. The molecule has 0 aromatic heterocycles. The highest BCUT2D eigenvalue weighted by atomic mass is 16.2. The van der Waals surface area contributed by atoms with E-state index in [4.69, 9.17) is 0 Å². The maximum atomic E-state index is 12.6. The van der Waals surface area contributed by atoms with Crippen molar-refractivity contribution in [2.45, 2.75) is 44.2 Å². The van der Waals surface area contributed by atoms with E-state index in [1.807, 2.05) is 24.3 Å². The third-order valence-corrected chi connectivity index (χ3v) is 4.60.